The van der Waals surface area contributed by atoms with Gasteiger partial charge in [-0.1, -0.05) is 46.0 Å². The molecule has 1 atom stereocenters. The van der Waals surface area contributed by atoms with Crippen LogP contribution >= 0.6 is 23.6 Å². The van der Waals surface area contributed by atoms with Crippen LogP contribution in [0.2, 0.25) is 0 Å². The molecule has 1 unspecified atom stereocenters. The zero-order chi connectivity index (χ0) is 17.1. The molecule has 1 aliphatic rings. The van der Waals surface area contributed by atoms with Gasteiger partial charge in [-0.05, 0) is 49.4 Å². The van der Waals surface area contributed by atoms with E-state index in [1.165, 1.54) is 49.0 Å². The van der Waals surface area contributed by atoms with Crippen LogP contribution in [0, 0.1) is 10.7 Å². The maximum absolute atomic E-state index is 13.0. The Hall–Kier alpha value is -0.940. The highest BCUT2D eigenvalue weighted by atomic mass is 32.1. The van der Waals surface area contributed by atoms with Crippen molar-refractivity contribution in [3.05, 3.63) is 25.6 Å². The molecule has 3 rings (SSSR count). The lowest BCUT2D eigenvalue weighted by atomic mass is 9.89. The van der Waals surface area contributed by atoms with Gasteiger partial charge in [-0.15, -0.1) is 11.3 Å². The number of thiophene rings is 1. The number of aromatic nitrogens is 2. The summed E-state index contributed by atoms with van der Waals surface area (Å²) in [6, 6.07) is 0. The number of nitrogens with one attached hydrogen (secondary N) is 1. The number of fused-ring (bicyclic) bond motifs is 3. The van der Waals surface area contributed by atoms with Crippen molar-refractivity contribution in [3.63, 3.8) is 0 Å². The maximum Gasteiger partial charge on any atom is 0.263 e. The maximum atomic E-state index is 13.0. The number of H-pyrrole nitrogens is 1. The van der Waals surface area contributed by atoms with Gasteiger partial charge < -0.3 is 4.98 Å². The van der Waals surface area contributed by atoms with Crippen molar-refractivity contribution in [2.24, 2.45) is 5.92 Å². The fourth-order valence-corrected chi connectivity index (χ4v) is 5.45. The highest BCUT2D eigenvalue weighted by Gasteiger charge is 2.23. The van der Waals surface area contributed by atoms with Gasteiger partial charge in [0.2, 0.25) is 0 Å². The lowest BCUT2D eigenvalue weighted by molar-refractivity contribution is 0.508. The SMILES string of the molecule is CCCCCCCCn1c(=S)[nH]c2sc3c(c2c1=O)CCC(C)C3. The van der Waals surface area contributed by atoms with Gasteiger partial charge in [-0.2, -0.15) is 0 Å². The van der Waals surface area contributed by atoms with Crippen LogP contribution in [-0.2, 0) is 19.4 Å². The first-order valence-electron chi connectivity index (χ1n) is 9.39. The molecule has 5 heteroatoms. The van der Waals surface area contributed by atoms with Crippen molar-refractivity contribution < 1.29 is 0 Å². The number of hydrogen-bond donors (Lipinski definition) is 1. The van der Waals surface area contributed by atoms with Crippen molar-refractivity contribution >= 4 is 33.8 Å². The zero-order valence-corrected chi connectivity index (χ0v) is 16.5. The van der Waals surface area contributed by atoms with E-state index in [1.54, 1.807) is 15.9 Å². The highest BCUT2D eigenvalue weighted by Crippen LogP contribution is 2.35. The lowest BCUT2D eigenvalue weighted by Gasteiger charge is -2.17. The molecule has 0 aliphatic heterocycles. The second kappa shape index (κ2) is 7.96. The quantitative estimate of drug-likeness (QED) is 0.512. The molecular weight excluding hydrogens is 336 g/mol. The van der Waals surface area contributed by atoms with Crippen molar-refractivity contribution in [1.29, 1.82) is 0 Å². The average Bonchev–Trinajstić information content (AvgIpc) is 2.90. The van der Waals surface area contributed by atoms with E-state index in [-0.39, 0.29) is 5.56 Å². The minimum atomic E-state index is 0.134. The summed E-state index contributed by atoms with van der Waals surface area (Å²) in [5.41, 5.74) is 1.43. The molecule has 0 aromatic carbocycles. The minimum Gasteiger partial charge on any atom is -0.323 e. The van der Waals surface area contributed by atoms with E-state index in [9.17, 15) is 4.79 Å². The van der Waals surface area contributed by atoms with Crippen LogP contribution in [0.3, 0.4) is 0 Å². The van der Waals surface area contributed by atoms with Crippen LogP contribution in [0.4, 0.5) is 0 Å². The molecule has 0 fully saturated rings. The van der Waals surface area contributed by atoms with Gasteiger partial charge in [0.05, 0.1) is 5.39 Å². The minimum absolute atomic E-state index is 0.134. The average molecular weight is 365 g/mol. The third kappa shape index (κ3) is 3.67. The summed E-state index contributed by atoms with van der Waals surface area (Å²) in [5.74, 6) is 0.721. The van der Waals surface area contributed by atoms with Crippen molar-refractivity contribution in [2.45, 2.75) is 78.2 Å². The fraction of sp³-hybridized carbons (Fsp3) is 0.684. The Bertz CT molecular complexity index is 815. The Morgan fingerprint density at radius 3 is 2.79 bits per heavy atom. The molecule has 3 nitrogen and oxygen atoms in total. The predicted molar refractivity (Wildman–Crippen MR) is 106 cm³/mol. The molecule has 0 radical (unpaired) electrons. The number of hydrogen-bond acceptors (Lipinski definition) is 3. The number of aryl methyl sites for hydroxylation is 1. The Labute approximate surface area is 153 Å². The molecule has 0 bridgehead atoms. The van der Waals surface area contributed by atoms with Crippen LogP contribution < -0.4 is 5.56 Å². The van der Waals surface area contributed by atoms with Gasteiger partial charge in [0.25, 0.3) is 5.56 Å². The third-order valence-corrected chi connectivity index (χ3v) is 6.66. The summed E-state index contributed by atoms with van der Waals surface area (Å²) in [5, 5.41) is 0.918. The summed E-state index contributed by atoms with van der Waals surface area (Å²) >= 11 is 7.21. The molecule has 2 aromatic rings. The zero-order valence-electron chi connectivity index (χ0n) is 14.8. The van der Waals surface area contributed by atoms with E-state index in [2.05, 4.69) is 18.8 Å². The standard InChI is InChI=1S/C19H28N2OS2/c1-3-4-5-6-7-8-11-21-18(22)16-14-10-9-13(2)12-15(14)24-17(16)20-19(21)23/h13H,3-12H2,1-2H3,(H,20,23). The van der Waals surface area contributed by atoms with Crippen LogP contribution in [0.25, 0.3) is 10.2 Å². The van der Waals surface area contributed by atoms with Crippen molar-refractivity contribution in [1.82, 2.24) is 9.55 Å². The second-order valence-corrected chi connectivity index (χ2v) is 8.70. The molecule has 0 saturated heterocycles. The van der Waals surface area contributed by atoms with Crippen LogP contribution in [0.5, 0.6) is 0 Å². The van der Waals surface area contributed by atoms with Gasteiger partial charge in [0.15, 0.2) is 4.77 Å². The number of nitrogens with zero attached hydrogens (tertiary/aromatic N) is 1. The lowest BCUT2D eigenvalue weighted by Crippen LogP contribution is -2.23. The topological polar surface area (TPSA) is 37.8 Å². The molecule has 1 aliphatic carbocycles. The molecule has 0 amide bonds. The first kappa shape index (κ1) is 17.9. The van der Waals surface area contributed by atoms with Crippen LogP contribution in [0.1, 0.15) is 69.2 Å². The van der Waals surface area contributed by atoms with Crippen molar-refractivity contribution in [2.75, 3.05) is 0 Å². The van der Waals surface area contributed by atoms with Gasteiger partial charge in [-0.3, -0.25) is 9.36 Å². The summed E-state index contributed by atoms with van der Waals surface area (Å²) in [6.45, 7) is 5.28. The molecular formula is C19H28N2OS2. The second-order valence-electron chi connectivity index (χ2n) is 7.21. The first-order chi connectivity index (χ1) is 11.6. The largest absolute Gasteiger partial charge is 0.323 e. The predicted octanol–water partition coefficient (Wildman–Crippen LogP) is 5.61. The Kier molecular flexibility index (Phi) is 5.93. The van der Waals surface area contributed by atoms with Gasteiger partial charge in [0, 0.05) is 11.4 Å². The van der Waals surface area contributed by atoms with E-state index >= 15 is 0 Å². The van der Waals surface area contributed by atoms with E-state index in [0.29, 0.717) is 4.77 Å². The van der Waals surface area contributed by atoms with E-state index in [0.717, 1.165) is 41.9 Å². The molecule has 1 N–H and O–H groups in total. The summed E-state index contributed by atoms with van der Waals surface area (Å²) in [7, 11) is 0. The van der Waals surface area contributed by atoms with E-state index in [1.807, 2.05) is 0 Å². The Balaban J connectivity index is 1.82. The van der Waals surface area contributed by atoms with Gasteiger partial charge >= 0.3 is 0 Å². The molecule has 2 aromatic heterocycles. The van der Waals surface area contributed by atoms with Gasteiger partial charge in [-0.25, -0.2) is 0 Å². The van der Waals surface area contributed by atoms with Crippen molar-refractivity contribution in [3.8, 4) is 0 Å². The first-order valence-corrected chi connectivity index (χ1v) is 10.6. The Morgan fingerprint density at radius 2 is 2.00 bits per heavy atom. The van der Waals surface area contributed by atoms with E-state index < -0.39 is 0 Å². The van der Waals surface area contributed by atoms with Crippen LogP contribution in [-0.4, -0.2) is 9.55 Å². The molecule has 24 heavy (non-hydrogen) atoms. The fourth-order valence-electron chi connectivity index (χ4n) is 3.71. The molecule has 0 saturated carbocycles. The number of unbranched alkanes of at least 4 members (excludes halogenated alkanes) is 5. The summed E-state index contributed by atoms with van der Waals surface area (Å²) in [6.07, 6.45) is 10.7. The monoisotopic (exact) mass is 364 g/mol. The smallest absolute Gasteiger partial charge is 0.263 e. The summed E-state index contributed by atoms with van der Waals surface area (Å²) in [4.78, 5) is 18.7. The third-order valence-electron chi connectivity index (χ3n) is 5.17. The molecule has 2 heterocycles. The highest BCUT2D eigenvalue weighted by molar-refractivity contribution is 7.71. The molecule has 132 valence electrons. The number of aromatic amines is 1. The summed E-state index contributed by atoms with van der Waals surface area (Å²) < 4.78 is 2.38. The Morgan fingerprint density at radius 1 is 1.25 bits per heavy atom. The van der Waals surface area contributed by atoms with Crippen LogP contribution in [0.15, 0.2) is 4.79 Å². The normalized spacial score (nSPS) is 17.3. The number of rotatable bonds is 7. The van der Waals surface area contributed by atoms with Gasteiger partial charge in [0.1, 0.15) is 4.83 Å². The molecule has 0 spiro atoms. The van der Waals surface area contributed by atoms with E-state index in [4.69, 9.17) is 12.2 Å².